The summed E-state index contributed by atoms with van der Waals surface area (Å²) >= 11 is 6.17. The molecule has 2 aliphatic carbocycles. The molecule has 1 spiro atoms. The molecule has 0 aromatic heterocycles. The SMILES string of the molecule is Nc1c(Cl)cc(C[C@@H](OCCCC2CCC3(CC2)CC(=O)Nc2ccccc23)C(=O)N2CCC(N3CCN(C4CC4)CC3)CC2)cc1C(F)(F)F. The monoisotopic (exact) mass is 729 g/mol. The second-order valence-electron chi connectivity index (χ2n) is 15.6. The highest BCUT2D eigenvalue weighted by molar-refractivity contribution is 6.33. The van der Waals surface area contributed by atoms with Gasteiger partial charge in [0.15, 0.2) is 0 Å². The average Bonchev–Trinajstić information content (AvgIpc) is 3.97. The molecule has 1 atom stereocenters. The van der Waals surface area contributed by atoms with E-state index in [1.54, 1.807) is 0 Å². The van der Waals surface area contributed by atoms with Crippen LogP contribution in [0.2, 0.25) is 5.02 Å². The van der Waals surface area contributed by atoms with Gasteiger partial charge in [-0.25, -0.2) is 0 Å². The van der Waals surface area contributed by atoms with Crippen molar-refractivity contribution in [3.63, 3.8) is 0 Å². The third-order valence-corrected chi connectivity index (χ3v) is 12.6. The highest BCUT2D eigenvalue weighted by Gasteiger charge is 2.43. The molecular weight excluding hydrogens is 679 g/mol. The summed E-state index contributed by atoms with van der Waals surface area (Å²) in [6.07, 6.45) is 4.91. The van der Waals surface area contributed by atoms with Gasteiger partial charge in [0, 0.05) is 81.9 Å². The zero-order valence-electron chi connectivity index (χ0n) is 29.4. The first-order valence-electron chi connectivity index (χ1n) is 18.9. The Morgan fingerprint density at radius 2 is 1.61 bits per heavy atom. The predicted octanol–water partition coefficient (Wildman–Crippen LogP) is 6.89. The zero-order valence-corrected chi connectivity index (χ0v) is 30.1. The molecule has 2 saturated heterocycles. The standard InChI is InChI=1S/C39H51ClF3N5O3/c40-32-23-27(22-31(36(32)44)39(41,42)43)24-34(37(50)48-15-11-29(12-16-48)47-19-17-46(18-20-47)28-7-8-28)51-21-3-4-26-9-13-38(14-10-26)25-35(49)45-33-6-2-1-5-30(33)38/h1-2,5-6,22-23,26,28-29,34H,3-4,7-21,24-25,44H2,(H,45,49)/t26?,34-,38?/m1/s1. The van der Waals surface area contributed by atoms with Gasteiger partial charge in [-0.15, -0.1) is 0 Å². The van der Waals surface area contributed by atoms with Crippen molar-refractivity contribution < 1.29 is 27.5 Å². The van der Waals surface area contributed by atoms with Crippen LogP contribution in [-0.2, 0) is 32.3 Å². The Balaban J connectivity index is 0.955. The highest BCUT2D eigenvalue weighted by Crippen LogP contribution is 2.49. The molecule has 0 radical (unpaired) electrons. The first-order valence-corrected chi connectivity index (χ1v) is 19.3. The number of nitrogens with zero attached hydrogens (tertiary/aromatic N) is 3. The Hall–Kier alpha value is -2.86. The number of nitrogen functional groups attached to an aromatic ring is 1. The van der Waals surface area contributed by atoms with Crippen LogP contribution < -0.4 is 11.1 Å². The van der Waals surface area contributed by atoms with Gasteiger partial charge in [-0.05, 0) is 99.5 Å². The molecule has 2 aromatic carbocycles. The van der Waals surface area contributed by atoms with E-state index in [2.05, 4.69) is 21.2 Å². The minimum absolute atomic E-state index is 0.0155. The van der Waals surface area contributed by atoms with E-state index in [0.717, 1.165) is 95.3 Å². The molecule has 3 heterocycles. The minimum Gasteiger partial charge on any atom is -0.397 e. The second kappa shape index (κ2) is 15.2. The maximum Gasteiger partial charge on any atom is 0.418 e. The van der Waals surface area contributed by atoms with E-state index in [9.17, 15) is 22.8 Å². The van der Waals surface area contributed by atoms with Crippen molar-refractivity contribution in [2.24, 2.45) is 5.92 Å². The Kier molecular flexibility index (Phi) is 10.9. The number of alkyl halides is 3. The van der Waals surface area contributed by atoms with Gasteiger partial charge in [0.05, 0.1) is 16.3 Å². The Morgan fingerprint density at radius 1 is 0.961 bits per heavy atom. The van der Waals surface area contributed by atoms with Crippen LogP contribution in [0.15, 0.2) is 36.4 Å². The molecule has 2 saturated carbocycles. The lowest BCUT2D eigenvalue weighted by Crippen LogP contribution is -2.55. The van der Waals surface area contributed by atoms with Crippen LogP contribution in [-0.4, -0.2) is 90.6 Å². The fourth-order valence-corrected chi connectivity index (χ4v) is 9.48. The van der Waals surface area contributed by atoms with Crippen molar-refractivity contribution in [2.45, 2.75) is 107 Å². The number of hydrogen-bond acceptors (Lipinski definition) is 6. The Bertz CT molecular complexity index is 1560. The number of ether oxygens (including phenoxy) is 1. The molecule has 0 unspecified atom stereocenters. The first-order chi connectivity index (χ1) is 24.5. The number of amides is 2. The number of carbonyl (C=O) groups excluding carboxylic acids is 2. The van der Waals surface area contributed by atoms with Crippen molar-refractivity contribution >= 4 is 34.8 Å². The Morgan fingerprint density at radius 3 is 2.25 bits per heavy atom. The van der Waals surface area contributed by atoms with Crippen molar-refractivity contribution in [3.05, 3.63) is 58.1 Å². The number of halogens is 4. The summed E-state index contributed by atoms with van der Waals surface area (Å²) in [6.45, 7) is 5.88. The van der Waals surface area contributed by atoms with Crippen LogP contribution in [0.5, 0.6) is 0 Å². The number of piperazine rings is 1. The van der Waals surface area contributed by atoms with Crippen LogP contribution in [0.1, 0.15) is 87.3 Å². The molecule has 278 valence electrons. The fraction of sp³-hybridized carbons (Fsp3) is 0.641. The van der Waals surface area contributed by atoms with Gasteiger partial charge in [0.2, 0.25) is 5.91 Å². The van der Waals surface area contributed by atoms with Crippen LogP contribution in [0, 0.1) is 5.92 Å². The van der Waals surface area contributed by atoms with E-state index in [1.165, 1.54) is 24.5 Å². The van der Waals surface area contributed by atoms with E-state index in [1.807, 2.05) is 23.1 Å². The number of rotatable bonds is 10. The van der Waals surface area contributed by atoms with E-state index in [4.69, 9.17) is 22.1 Å². The van der Waals surface area contributed by atoms with Crippen LogP contribution in [0.25, 0.3) is 0 Å². The molecule has 3 N–H and O–H groups in total. The molecule has 8 nitrogen and oxygen atoms in total. The predicted molar refractivity (Wildman–Crippen MR) is 193 cm³/mol. The number of carbonyl (C=O) groups is 2. The molecule has 4 fully saturated rings. The minimum atomic E-state index is -4.67. The van der Waals surface area contributed by atoms with E-state index in [-0.39, 0.29) is 34.2 Å². The fourth-order valence-electron chi connectivity index (χ4n) is 9.23. The van der Waals surface area contributed by atoms with Gasteiger partial charge in [0.1, 0.15) is 6.10 Å². The molecule has 2 aromatic rings. The summed E-state index contributed by atoms with van der Waals surface area (Å²) < 4.78 is 47.7. The number of para-hydroxylation sites is 1. The van der Waals surface area contributed by atoms with Gasteiger partial charge in [0.25, 0.3) is 5.91 Å². The summed E-state index contributed by atoms with van der Waals surface area (Å²) in [5.74, 6) is 0.389. The number of hydrogen-bond donors (Lipinski definition) is 2. The van der Waals surface area contributed by atoms with Crippen molar-refractivity contribution in [1.82, 2.24) is 14.7 Å². The van der Waals surface area contributed by atoms with Crippen LogP contribution in [0.4, 0.5) is 24.5 Å². The largest absolute Gasteiger partial charge is 0.418 e. The van der Waals surface area contributed by atoms with Gasteiger partial charge < -0.3 is 20.7 Å². The average molecular weight is 730 g/mol. The maximum absolute atomic E-state index is 14.0. The number of nitrogens with one attached hydrogen (secondary N) is 1. The van der Waals surface area contributed by atoms with Crippen molar-refractivity contribution in [3.8, 4) is 0 Å². The topological polar surface area (TPSA) is 91.1 Å². The molecule has 7 rings (SSSR count). The van der Waals surface area contributed by atoms with Gasteiger partial charge in [-0.3, -0.25) is 19.4 Å². The molecule has 5 aliphatic rings. The maximum atomic E-state index is 14.0. The van der Waals surface area contributed by atoms with Crippen molar-refractivity contribution in [2.75, 3.05) is 56.9 Å². The normalized spacial score (nSPS) is 25.8. The second-order valence-corrected chi connectivity index (χ2v) is 16.0. The highest BCUT2D eigenvalue weighted by atomic mass is 35.5. The number of likely N-dealkylation sites (tertiary alicyclic amines) is 1. The van der Waals surface area contributed by atoms with Crippen molar-refractivity contribution in [1.29, 1.82) is 0 Å². The molecular formula is C39H51ClF3N5O3. The number of piperidine rings is 1. The molecule has 12 heteroatoms. The third-order valence-electron chi connectivity index (χ3n) is 12.3. The van der Waals surface area contributed by atoms with E-state index in [0.29, 0.717) is 38.1 Å². The summed E-state index contributed by atoms with van der Waals surface area (Å²) in [5.41, 5.74) is 6.53. The van der Waals surface area contributed by atoms with E-state index < -0.39 is 23.5 Å². The molecule has 51 heavy (non-hydrogen) atoms. The lowest BCUT2D eigenvalue weighted by molar-refractivity contribution is -0.145. The van der Waals surface area contributed by atoms with Crippen LogP contribution >= 0.6 is 11.6 Å². The first kappa shape index (κ1) is 36.5. The summed E-state index contributed by atoms with van der Waals surface area (Å²) in [4.78, 5) is 33.6. The summed E-state index contributed by atoms with van der Waals surface area (Å²) in [7, 11) is 0. The number of anilines is 2. The number of benzene rings is 2. The van der Waals surface area contributed by atoms with Crippen LogP contribution in [0.3, 0.4) is 0 Å². The lowest BCUT2D eigenvalue weighted by atomic mass is 9.63. The lowest BCUT2D eigenvalue weighted by Gasteiger charge is -2.43. The summed E-state index contributed by atoms with van der Waals surface area (Å²) in [6, 6.07) is 11.8. The van der Waals surface area contributed by atoms with Gasteiger partial charge in [-0.2, -0.15) is 13.2 Å². The number of fused-ring (bicyclic) bond motifs is 2. The van der Waals surface area contributed by atoms with Gasteiger partial charge >= 0.3 is 6.18 Å². The summed E-state index contributed by atoms with van der Waals surface area (Å²) in [5, 5.41) is 2.85. The zero-order chi connectivity index (χ0) is 35.8. The number of nitrogens with two attached hydrogens (primary N) is 1. The third kappa shape index (κ3) is 8.37. The quantitative estimate of drug-likeness (QED) is 0.205. The molecule has 2 amide bonds. The smallest absolute Gasteiger partial charge is 0.397 e. The van der Waals surface area contributed by atoms with E-state index >= 15 is 0 Å². The Labute approximate surface area is 304 Å². The molecule has 0 bridgehead atoms. The van der Waals surface area contributed by atoms with Gasteiger partial charge in [-0.1, -0.05) is 29.8 Å². The molecule has 3 aliphatic heterocycles.